The molecule has 0 unspecified atom stereocenters. The molecule has 0 bridgehead atoms. The smallest absolute Gasteiger partial charge is 0.306 e. The Hall–Kier alpha value is -3.35. The van der Waals surface area contributed by atoms with Crippen molar-refractivity contribution in [3.8, 4) is 5.75 Å². The van der Waals surface area contributed by atoms with E-state index in [0.29, 0.717) is 35.0 Å². The van der Waals surface area contributed by atoms with Gasteiger partial charge < -0.3 is 20.1 Å². The Bertz CT molecular complexity index is 871. The van der Waals surface area contributed by atoms with Crippen molar-refractivity contribution in [1.82, 2.24) is 0 Å². The molecule has 1 aliphatic rings. The second-order valence-electron chi connectivity index (χ2n) is 7.32. The number of carbonyl (C=O) groups excluding carboxylic acids is 3. The lowest BCUT2D eigenvalue weighted by molar-refractivity contribution is -0.148. The van der Waals surface area contributed by atoms with Gasteiger partial charge in [-0.3, -0.25) is 14.4 Å². The number of hydrogen-bond donors (Lipinski definition) is 2. The van der Waals surface area contributed by atoms with Crippen LogP contribution in [0.1, 0.15) is 42.5 Å². The lowest BCUT2D eigenvalue weighted by atomic mass is 10.1. The molecule has 7 nitrogen and oxygen atoms in total. The first-order valence-corrected chi connectivity index (χ1v) is 10.0. The standard InChI is InChI=1S/C23H26N2O5/c1-29-20-12-10-19(11-13-20)25-23(28)17-6-8-18(9-7-17)24-21(26)15-30-22(27)14-16-4-2-3-5-16/h6-13,16H,2-5,14-15H2,1H3,(H,24,26)(H,25,28). The molecule has 0 atom stereocenters. The van der Waals surface area contributed by atoms with E-state index in [1.807, 2.05) is 0 Å². The van der Waals surface area contributed by atoms with Crippen LogP contribution in [0, 0.1) is 5.92 Å². The molecule has 2 amide bonds. The molecule has 0 saturated heterocycles. The Kier molecular flexibility index (Phi) is 7.43. The van der Waals surface area contributed by atoms with Crippen LogP contribution < -0.4 is 15.4 Å². The van der Waals surface area contributed by atoms with Crippen LogP contribution in [0.4, 0.5) is 11.4 Å². The zero-order valence-electron chi connectivity index (χ0n) is 17.0. The number of esters is 1. The summed E-state index contributed by atoms with van der Waals surface area (Å²) in [5.74, 6) is 0.0844. The molecule has 0 heterocycles. The summed E-state index contributed by atoms with van der Waals surface area (Å²) in [4.78, 5) is 36.1. The summed E-state index contributed by atoms with van der Waals surface area (Å²) in [5, 5.41) is 5.45. The predicted molar refractivity (Wildman–Crippen MR) is 114 cm³/mol. The summed E-state index contributed by atoms with van der Waals surface area (Å²) in [5.41, 5.74) is 1.62. The average Bonchev–Trinajstić information content (AvgIpc) is 3.26. The molecule has 2 N–H and O–H groups in total. The summed E-state index contributed by atoms with van der Waals surface area (Å²) in [6, 6.07) is 13.5. The number of anilines is 2. The number of ether oxygens (including phenoxy) is 2. The van der Waals surface area contributed by atoms with Gasteiger partial charge in [0, 0.05) is 23.4 Å². The lowest BCUT2D eigenvalue weighted by Gasteiger charge is -2.10. The molecule has 2 aromatic rings. The minimum absolute atomic E-state index is 0.265. The average molecular weight is 410 g/mol. The zero-order chi connectivity index (χ0) is 21.3. The van der Waals surface area contributed by atoms with Gasteiger partial charge in [-0.25, -0.2) is 0 Å². The third-order valence-corrected chi connectivity index (χ3v) is 5.07. The van der Waals surface area contributed by atoms with Crippen molar-refractivity contribution in [2.75, 3.05) is 24.4 Å². The topological polar surface area (TPSA) is 93.7 Å². The maximum Gasteiger partial charge on any atom is 0.306 e. The maximum absolute atomic E-state index is 12.3. The summed E-state index contributed by atoms with van der Waals surface area (Å²) in [7, 11) is 1.58. The highest BCUT2D eigenvalue weighted by molar-refractivity contribution is 6.04. The third kappa shape index (κ3) is 6.34. The Morgan fingerprint density at radius 1 is 0.900 bits per heavy atom. The van der Waals surface area contributed by atoms with E-state index in [9.17, 15) is 14.4 Å². The minimum atomic E-state index is -0.412. The molecular formula is C23H26N2O5. The first kappa shape index (κ1) is 21.4. The molecule has 0 radical (unpaired) electrons. The second-order valence-corrected chi connectivity index (χ2v) is 7.32. The van der Waals surface area contributed by atoms with Crippen molar-refractivity contribution in [3.05, 3.63) is 54.1 Å². The maximum atomic E-state index is 12.3. The highest BCUT2D eigenvalue weighted by Gasteiger charge is 2.19. The summed E-state index contributed by atoms with van der Waals surface area (Å²) in [6.07, 6.45) is 4.81. The molecule has 1 saturated carbocycles. The largest absolute Gasteiger partial charge is 0.497 e. The van der Waals surface area contributed by atoms with Gasteiger partial charge in [0.25, 0.3) is 11.8 Å². The summed E-state index contributed by atoms with van der Waals surface area (Å²) in [6.45, 7) is -0.314. The quantitative estimate of drug-likeness (QED) is 0.642. The van der Waals surface area contributed by atoms with Crippen molar-refractivity contribution < 1.29 is 23.9 Å². The van der Waals surface area contributed by atoms with Crippen LogP contribution >= 0.6 is 0 Å². The van der Waals surface area contributed by atoms with Gasteiger partial charge in [0.05, 0.1) is 7.11 Å². The van der Waals surface area contributed by atoms with Gasteiger partial charge in [-0.2, -0.15) is 0 Å². The van der Waals surface area contributed by atoms with Crippen LogP contribution in [-0.4, -0.2) is 31.5 Å². The van der Waals surface area contributed by atoms with Gasteiger partial charge in [-0.05, 0) is 67.3 Å². The summed E-state index contributed by atoms with van der Waals surface area (Å²) >= 11 is 0. The van der Waals surface area contributed by atoms with Gasteiger partial charge in [0.1, 0.15) is 5.75 Å². The Morgan fingerprint density at radius 3 is 2.13 bits per heavy atom. The SMILES string of the molecule is COc1ccc(NC(=O)c2ccc(NC(=O)COC(=O)CC3CCCC3)cc2)cc1. The lowest BCUT2D eigenvalue weighted by Crippen LogP contribution is -2.21. The third-order valence-electron chi connectivity index (χ3n) is 5.07. The van der Waals surface area contributed by atoms with E-state index in [4.69, 9.17) is 9.47 Å². The van der Waals surface area contributed by atoms with Gasteiger partial charge in [-0.15, -0.1) is 0 Å². The van der Waals surface area contributed by atoms with E-state index < -0.39 is 5.91 Å². The Morgan fingerprint density at radius 2 is 1.50 bits per heavy atom. The van der Waals surface area contributed by atoms with Gasteiger partial charge in [0.15, 0.2) is 6.61 Å². The van der Waals surface area contributed by atoms with Crippen LogP contribution in [0.15, 0.2) is 48.5 Å². The van der Waals surface area contributed by atoms with Crippen molar-refractivity contribution in [2.45, 2.75) is 32.1 Å². The molecule has 30 heavy (non-hydrogen) atoms. The van der Waals surface area contributed by atoms with E-state index in [0.717, 1.165) is 25.7 Å². The highest BCUT2D eigenvalue weighted by Crippen LogP contribution is 2.27. The van der Waals surface area contributed by atoms with E-state index in [1.165, 1.54) is 0 Å². The van der Waals surface area contributed by atoms with Crippen molar-refractivity contribution >= 4 is 29.2 Å². The molecule has 0 aromatic heterocycles. The fourth-order valence-electron chi connectivity index (χ4n) is 3.43. The minimum Gasteiger partial charge on any atom is -0.497 e. The van der Waals surface area contributed by atoms with Crippen LogP contribution in [-0.2, 0) is 14.3 Å². The molecule has 1 aliphatic carbocycles. The second kappa shape index (κ2) is 10.4. The predicted octanol–water partition coefficient (Wildman–Crippen LogP) is 4.01. The van der Waals surface area contributed by atoms with Crippen LogP contribution in [0.25, 0.3) is 0 Å². The molecule has 7 heteroatoms. The number of methoxy groups -OCH3 is 1. The van der Waals surface area contributed by atoms with Crippen LogP contribution in [0.5, 0.6) is 5.75 Å². The number of hydrogen-bond acceptors (Lipinski definition) is 5. The number of amides is 2. The Labute approximate surface area is 175 Å². The van der Waals surface area contributed by atoms with Crippen molar-refractivity contribution in [2.24, 2.45) is 5.92 Å². The molecule has 0 aliphatic heterocycles. The van der Waals surface area contributed by atoms with Crippen molar-refractivity contribution in [3.63, 3.8) is 0 Å². The fraction of sp³-hybridized carbons (Fsp3) is 0.348. The number of rotatable bonds is 8. The van der Waals surface area contributed by atoms with Crippen molar-refractivity contribution in [1.29, 1.82) is 0 Å². The fourth-order valence-corrected chi connectivity index (χ4v) is 3.43. The van der Waals surface area contributed by atoms with E-state index in [-0.39, 0.29) is 18.5 Å². The number of nitrogens with one attached hydrogen (secondary N) is 2. The number of benzene rings is 2. The van der Waals surface area contributed by atoms with Gasteiger partial charge in [-0.1, -0.05) is 12.8 Å². The molecule has 3 rings (SSSR count). The van der Waals surface area contributed by atoms with E-state index >= 15 is 0 Å². The monoisotopic (exact) mass is 410 g/mol. The molecule has 158 valence electrons. The number of carbonyl (C=O) groups is 3. The molecular weight excluding hydrogens is 384 g/mol. The van der Waals surface area contributed by atoms with Gasteiger partial charge in [0.2, 0.25) is 0 Å². The zero-order valence-corrected chi connectivity index (χ0v) is 17.0. The molecule has 1 fully saturated rings. The van der Waals surface area contributed by atoms with Crippen LogP contribution in [0.2, 0.25) is 0 Å². The van der Waals surface area contributed by atoms with E-state index in [1.54, 1.807) is 55.6 Å². The van der Waals surface area contributed by atoms with Crippen LogP contribution in [0.3, 0.4) is 0 Å². The molecule has 0 spiro atoms. The first-order chi connectivity index (χ1) is 14.5. The summed E-state index contributed by atoms with van der Waals surface area (Å²) < 4.78 is 10.1. The highest BCUT2D eigenvalue weighted by atomic mass is 16.5. The van der Waals surface area contributed by atoms with Gasteiger partial charge >= 0.3 is 5.97 Å². The Balaban J connectivity index is 1.44. The van der Waals surface area contributed by atoms with E-state index in [2.05, 4.69) is 10.6 Å². The molecule has 2 aromatic carbocycles. The first-order valence-electron chi connectivity index (χ1n) is 10.0. The normalized spacial score (nSPS) is 13.5.